The SMILES string of the molecule is Cc1cnc(C(NC(=O)c2cn(C3CC3)c(C)cc2=O)C2CC2)s1. The molecule has 2 aromatic heterocycles. The van der Waals surface area contributed by atoms with E-state index in [1.54, 1.807) is 23.6 Å². The van der Waals surface area contributed by atoms with E-state index in [0.29, 0.717) is 12.0 Å². The first kappa shape index (κ1) is 15.6. The summed E-state index contributed by atoms with van der Waals surface area (Å²) in [6.07, 6.45) is 8.02. The second-order valence-corrected chi connectivity index (χ2v) is 8.20. The normalized spacial score (nSPS) is 18.4. The van der Waals surface area contributed by atoms with Crippen molar-refractivity contribution in [1.82, 2.24) is 14.9 Å². The molecule has 2 aliphatic rings. The number of aryl methyl sites for hydroxylation is 2. The van der Waals surface area contributed by atoms with Gasteiger partial charge in [0.05, 0.1) is 6.04 Å². The van der Waals surface area contributed by atoms with Crippen LogP contribution in [0.15, 0.2) is 23.3 Å². The van der Waals surface area contributed by atoms with E-state index in [2.05, 4.69) is 14.9 Å². The fourth-order valence-corrected chi connectivity index (χ4v) is 4.03. The predicted octanol–water partition coefficient (Wildman–Crippen LogP) is 3.14. The summed E-state index contributed by atoms with van der Waals surface area (Å²) >= 11 is 1.62. The van der Waals surface area contributed by atoms with Gasteiger partial charge >= 0.3 is 0 Å². The third-order valence-corrected chi connectivity index (χ3v) is 5.75. The van der Waals surface area contributed by atoms with E-state index in [1.165, 1.54) is 0 Å². The highest BCUT2D eigenvalue weighted by Gasteiger charge is 2.36. The van der Waals surface area contributed by atoms with Crippen LogP contribution in [0.5, 0.6) is 0 Å². The van der Waals surface area contributed by atoms with Gasteiger partial charge in [0.1, 0.15) is 10.6 Å². The van der Waals surface area contributed by atoms with Crippen LogP contribution in [0.25, 0.3) is 0 Å². The van der Waals surface area contributed by atoms with E-state index in [4.69, 9.17) is 0 Å². The Labute approximate surface area is 144 Å². The first-order valence-corrected chi connectivity index (χ1v) is 9.30. The lowest BCUT2D eigenvalue weighted by Gasteiger charge is -2.17. The zero-order valence-corrected chi connectivity index (χ0v) is 14.7. The van der Waals surface area contributed by atoms with Crippen LogP contribution in [0.4, 0.5) is 0 Å². The summed E-state index contributed by atoms with van der Waals surface area (Å²) in [5.74, 6) is 0.162. The number of hydrogen-bond donors (Lipinski definition) is 1. The van der Waals surface area contributed by atoms with E-state index in [-0.39, 0.29) is 22.9 Å². The molecule has 6 heteroatoms. The van der Waals surface area contributed by atoms with Gasteiger partial charge in [0.2, 0.25) is 0 Å². The molecule has 0 saturated heterocycles. The smallest absolute Gasteiger partial charge is 0.257 e. The Kier molecular flexibility index (Phi) is 3.79. The number of thiazole rings is 1. The van der Waals surface area contributed by atoms with Crippen molar-refractivity contribution in [2.24, 2.45) is 5.92 Å². The maximum absolute atomic E-state index is 12.7. The Morgan fingerprint density at radius 1 is 1.33 bits per heavy atom. The number of nitrogens with zero attached hydrogens (tertiary/aromatic N) is 2. The van der Waals surface area contributed by atoms with Crippen LogP contribution in [-0.2, 0) is 0 Å². The van der Waals surface area contributed by atoms with Crippen LogP contribution in [0, 0.1) is 19.8 Å². The van der Waals surface area contributed by atoms with Crippen LogP contribution in [0.1, 0.15) is 63.7 Å². The Morgan fingerprint density at radius 2 is 2.08 bits per heavy atom. The van der Waals surface area contributed by atoms with E-state index in [1.807, 2.05) is 20.0 Å². The summed E-state index contributed by atoms with van der Waals surface area (Å²) < 4.78 is 2.07. The topological polar surface area (TPSA) is 64.0 Å². The van der Waals surface area contributed by atoms with Gasteiger partial charge in [0.25, 0.3) is 5.91 Å². The van der Waals surface area contributed by atoms with Gasteiger partial charge in [-0.2, -0.15) is 0 Å². The molecule has 1 atom stereocenters. The largest absolute Gasteiger partial charge is 0.348 e. The Morgan fingerprint density at radius 3 is 2.67 bits per heavy atom. The maximum atomic E-state index is 12.7. The number of rotatable bonds is 5. The van der Waals surface area contributed by atoms with Crippen LogP contribution in [-0.4, -0.2) is 15.5 Å². The highest BCUT2D eigenvalue weighted by atomic mass is 32.1. The van der Waals surface area contributed by atoms with Crippen LogP contribution < -0.4 is 10.7 Å². The van der Waals surface area contributed by atoms with E-state index in [0.717, 1.165) is 41.3 Å². The molecule has 2 saturated carbocycles. The van der Waals surface area contributed by atoms with E-state index < -0.39 is 0 Å². The van der Waals surface area contributed by atoms with Crippen molar-refractivity contribution in [2.45, 2.75) is 51.6 Å². The average molecular weight is 343 g/mol. The molecule has 0 aliphatic heterocycles. The predicted molar refractivity (Wildman–Crippen MR) is 93.5 cm³/mol. The third-order valence-electron chi connectivity index (χ3n) is 4.75. The Balaban J connectivity index is 1.61. The molecule has 0 bridgehead atoms. The van der Waals surface area contributed by atoms with E-state index >= 15 is 0 Å². The number of nitrogens with one attached hydrogen (secondary N) is 1. The molecule has 126 valence electrons. The average Bonchev–Trinajstić information content (AvgIpc) is 3.43. The fourth-order valence-electron chi connectivity index (χ4n) is 3.11. The molecule has 0 radical (unpaired) electrons. The van der Waals surface area contributed by atoms with Crippen molar-refractivity contribution in [1.29, 1.82) is 0 Å². The summed E-state index contributed by atoms with van der Waals surface area (Å²) in [5, 5.41) is 4.01. The van der Waals surface area contributed by atoms with Crippen molar-refractivity contribution in [2.75, 3.05) is 0 Å². The summed E-state index contributed by atoms with van der Waals surface area (Å²) in [4.78, 5) is 30.6. The highest BCUT2D eigenvalue weighted by molar-refractivity contribution is 7.11. The lowest BCUT2D eigenvalue weighted by Crippen LogP contribution is -2.33. The van der Waals surface area contributed by atoms with Gasteiger partial charge in [-0.3, -0.25) is 9.59 Å². The van der Waals surface area contributed by atoms with Crippen molar-refractivity contribution in [3.8, 4) is 0 Å². The first-order chi connectivity index (χ1) is 11.5. The highest BCUT2D eigenvalue weighted by Crippen LogP contribution is 2.42. The number of hydrogen-bond acceptors (Lipinski definition) is 4. The molecule has 0 aromatic carbocycles. The Bertz CT molecular complexity index is 846. The minimum Gasteiger partial charge on any atom is -0.348 e. The van der Waals surface area contributed by atoms with Crippen molar-refractivity contribution < 1.29 is 4.79 Å². The van der Waals surface area contributed by atoms with Gasteiger partial charge in [-0.05, 0) is 45.4 Å². The van der Waals surface area contributed by atoms with Gasteiger partial charge in [-0.1, -0.05) is 0 Å². The van der Waals surface area contributed by atoms with Crippen LogP contribution in [0.2, 0.25) is 0 Å². The molecule has 0 spiro atoms. The van der Waals surface area contributed by atoms with Gasteiger partial charge in [-0.25, -0.2) is 4.98 Å². The Hall–Kier alpha value is -1.95. The minimum absolute atomic E-state index is 0.0775. The number of carbonyl (C=O) groups excluding carboxylic acids is 1. The lowest BCUT2D eigenvalue weighted by atomic mass is 10.1. The monoisotopic (exact) mass is 343 g/mol. The van der Waals surface area contributed by atoms with Gasteiger partial charge < -0.3 is 9.88 Å². The molecule has 1 unspecified atom stereocenters. The van der Waals surface area contributed by atoms with Gasteiger partial charge in [0, 0.05) is 35.1 Å². The molecule has 2 aliphatic carbocycles. The molecule has 2 heterocycles. The number of aromatic nitrogens is 2. The number of carbonyl (C=O) groups is 1. The minimum atomic E-state index is -0.279. The van der Waals surface area contributed by atoms with Crippen molar-refractivity contribution in [3.63, 3.8) is 0 Å². The molecule has 2 aromatic rings. The standard InChI is InChI=1S/C18H21N3O2S/c1-10-7-15(22)14(9-21(10)13-5-6-13)17(23)20-16(12-3-4-12)18-19-8-11(2)24-18/h7-9,12-13,16H,3-6H2,1-2H3,(H,20,23). The van der Waals surface area contributed by atoms with Gasteiger partial charge in [0.15, 0.2) is 5.43 Å². The quantitative estimate of drug-likeness (QED) is 0.907. The molecule has 24 heavy (non-hydrogen) atoms. The maximum Gasteiger partial charge on any atom is 0.257 e. The van der Waals surface area contributed by atoms with Crippen molar-refractivity contribution >= 4 is 17.2 Å². The van der Waals surface area contributed by atoms with E-state index in [9.17, 15) is 9.59 Å². The molecule has 5 nitrogen and oxygen atoms in total. The third kappa shape index (κ3) is 3.02. The fraction of sp³-hybridized carbons (Fsp3) is 0.500. The molecule has 4 rings (SSSR count). The van der Waals surface area contributed by atoms with Crippen LogP contribution in [0.3, 0.4) is 0 Å². The number of pyridine rings is 1. The first-order valence-electron chi connectivity index (χ1n) is 8.49. The summed E-state index contributed by atoms with van der Waals surface area (Å²) in [7, 11) is 0. The molecular weight excluding hydrogens is 322 g/mol. The molecule has 2 fully saturated rings. The second kappa shape index (κ2) is 5.84. The zero-order valence-electron chi connectivity index (χ0n) is 13.9. The summed E-state index contributed by atoms with van der Waals surface area (Å²) in [6.45, 7) is 3.94. The van der Waals surface area contributed by atoms with Crippen molar-refractivity contribution in [3.05, 3.63) is 49.8 Å². The van der Waals surface area contributed by atoms with Gasteiger partial charge in [-0.15, -0.1) is 11.3 Å². The number of amides is 1. The summed E-state index contributed by atoms with van der Waals surface area (Å²) in [5.41, 5.74) is 0.964. The lowest BCUT2D eigenvalue weighted by molar-refractivity contribution is 0.0929. The zero-order chi connectivity index (χ0) is 16.8. The second-order valence-electron chi connectivity index (χ2n) is 6.93. The molecule has 1 amide bonds. The van der Waals surface area contributed by atoms with Crippen LogP contribution >= 0.6 is 11.3 Å². The molecule has 1 N–H and O–H groups in total. The molecular formula is C18H21N3O2S. The summed E-state index contributed by atoms with van der Waals surface area (Å²) in [6, 6.07) is 1.94.